The van der Waals surface area contributed by atoms with Crippen LogP contribution < -0.4 is 10.6 Å². The summed E-state index contributed by atoms with van der Waals surface area (Å²) < 4.78 is 2.00. The summed E-state index contributed by atoms with van der Waals surface area (Å²) in [7, 11) is 1.97. The molecule has 2 amide bonds. The Balaban J connectivity index is 1.83. The molecule has 1 aromatic heterocycles. The van der Waals surface area contributed by atoms with Crippen LogP contribution in [0.2, 0.25) is 0 Å². The van der Waals surface area contributed by atoms with Gasteiger partial charge in [0.05, 0.1) is 5.69 Å². The Hall–Kier alpha value is -2.75. The molecular formula is C18H19N3O. The van der Waals surface area contributed by atoms with Gasteiger partial charge in [-0.15, -0.1) is 0 Å². The maximum Gasteiger partial charge on any atom is 0.323 e. The monoisotopic (exact) mass is 293 g/mol. The fraction of sp³-hybridized carbons (Fsp3) is 0.167. The Morgan fingerprint density at radius 2 is 1.68 bits per heavy atom. The van der Waals surface area contributed by atoms with Gasteiger partial charge in [-0.2, -0.15) is 0 Å². The zero-order chi connectivity index (χ0) is 15.7. The molecule has 0 aliphatic carbocycles. The predicted octanol–water partition coefficient (Wildman–Crippen LogP) is 4.44. The molecule has 0 saturated carbocycles. The summed E-state index contributed by atoms with van der Waals surface area (Å²) in [5.41, 5.74) is 4.96. The molecular weight excluding hydrogens is 274 g/mol. The van der Waals surface area contributed by atoms with Crippen molar-refractivity contribution in [2.75, 3.05) is 10.6 Å². The van der Waals surface area contributed by atoms with E-state index in [0.717, 1.165) is 33.4 Å². The van der Waals surface area contributed by atoms with Gasteiger partial charge in [-0.3, -0.25) is 0 Å². The molecule has 0 aliphatic heterocycles. The summed E-state index contributed by atoms with van der Waals surface area (Å²) in [4.78, 5) is 12.3. The van der Waals surface area contributed by atoms with E-state index in [1.165, 1.54) is 0 Å². The van der Waals surface area contributed by atoms with E-state index in [2.05, 4.69) is 10.6 Å². The van der Waals surface area contributed by atoms with E-state index in [1.807, 2.05) is 74.1 Å². The van der Waals surface area contributed by atoms with Gasteiger partial charge in [0, 0.05) is 29.8 Å². The number of carbonyl (C=O) groups excluding carboxylic acids is 1. The number of rotatable bonds is 2. The number of amides is 2. The predicted molar refractivity (Wildman–Crippen MR) is 91.5 cm³/mol. The number of hydrogen-bond acceptors (Lipinski definition) is 1. The standard InChI is InChI=1S/C18H19N3O/c1-12-7-6-9-15(13(12)2)19-18(22)20-16-11-21(3)17-10-5-4-8-14(16)17/h4-11H,1-3H3,(H2,19,20,22). The number of carbonyl (C=O) groups is 1. The van der Waals surface area contributed by atoms with Crippen molar-refractivity contribution in [2.45, 2.75) is 13.8 Å². The number of para-hydroxylation sites is 1. The van der Waals surface area contributed by atoms with Gasteiger partial charge in [0.1, 0.15) is 0 Å². The first kappa shape index (κ1) is 14.2. The number of urea groups is 1. The molecule has 0 aliphatic rings. The van der Waals surface area contributed by atoms with E-state index >= 15 is 0 Å². The molecule has 2 aromatic carbocycles. The highest BCUT2D eigenvalue weighted by atomic mass is 16.2. The fourth-order valence-corrected chi connectivity index (χ4v) is 2.60. The van der Waals surface area contributed by atoms with Crippen LogP contribution in [-0.4, -0.2) is 10.6 Å². The first-order valence-electron chi connectivity index (χ1n) is 7.24. The minimum Gasteiger partial charge on any atom is -0.348 e. The van der Waals surface area contributed by atoms with Crippen LogP contribution in [0.25, 0.3) is 10.9 Å². The number of hydrogen-bond donors (Lipinski definition) is 2. The number of aryl methyl sites for hydroxylation is 2. The van der Waals surface area contributed by atoms with Crippen LogP contribution in [-0.2, 0) is 7.05 Å². The van der Waals surface area contributed by atoms with Crippen molar-refractivity contribution in [2.24, 2.45) is 7.05 Å². The molecule has 4 nitrogen and oxygen atoms in total. The Morgan fingerprint density at radius 1 is 0.955 bits per heavy atom. The zero-order valence-corrected chi connectivity index (χ0v) is 13.0. The van der Waals surface area contributed by atoms with Crippen LogP contribution in [0.1, 0.15) is 11.1 Å². The minimum absolute atomic E-state index is 0.231. The first-order valence-corrected chi connectivity index (χ1v) is 7.24. The largest absolute Gasteiger partial charge is 0.348 e. The number of nitrogens with one attached hydrogen (secondary N) is 2. The smallest absolute Gasteiger partial charge is 0.323 e. The number of fused-ring (bicyclic) bond motifs is 1. The summed E-state index contributed by atoms with van der Waals surface area (Å²) in [6.07, 6.45) is 1.92. The second-order valence-electron chi connectivity index (χ2n) is 5.50. The SMILES string of the molecule is Cc1cccc(NC(=O)Nc2cn(C)c3ccccc23)c1C. The molecule has 0 spiro atoms. The van der Waals surface area contributed by atoms with Crippen LogP contribution >= 0.6 is 0 Å². The Kier molecular flexibility index (Phi) is 3.59. The maximum absolute atomic E-state index is 12.3. The summed E-state index contributed by atoms with van der Waals surface area (Å²) in [6.45, 7) is 4.03. The highest BCUT2D eigenvalue weighted by Crippen LogP contribution is 2.25. The summed E-state index contributed by atoms with van der Waals surface area (Å²) >= 11 is 0. The average Bonchev–Trinajstić information content (AvgIpc) is 2.81. The number of benzene rings is 2. The van der Waals surface area contributed by atoms with E-state index in [-0.39, 0.29) is 6.03 Å². The first-order chi connectivity index (χ1) is 10.6. The third-order valence-electron chi connectivity index (χ3n) is 4.00. The molecule has 0 fully saturated rings. The van der Waals surface area contributed by atoms with Gasteiger partial charge in [0.15, 0.2) is 0 Å². The third kappa shape index (κ3) is 2.55. The van der Waals surface area contributed by atoms with Gasteiger partial charge < -0.3 is 15.2 Å². The van der Waals surface area contributed by atoms with Crippen molar-refractivity contribution in [3.8, 4) is 0 Å². The summed E-state index contributed by atoms with van der Waals surface area (Å²) in [5.74, 6) is 0. The van der Waals surface area contributed by atoms with Crippen molar-refractivity contribution >= 4 is 28.3 Å². The van der Waals surface area contributed by atoms with Crippen molar-refractivity contribution in [3.63, 3.8) is 0 Å². The van der Waals surface area contributed by atoms with Gasteiger partial charge in [-0.05, 0) is 37.1 Å². The highest BCUT2D eigenvalue weighted by molar-refractivity contribution is 6.06. The van der Waals surface area contributed by atoms with Crippen molar-refractivity contribution in [1.82, 2.24) is 4.57 Å². The lowest BCUT2D eigenvalue weighted by molar-refractivity contribution is 0.262. The lowest BCUT2D eigenvalue weighted by Gasteiger charge is -2.11. The molecule has 3 aromatic rings. The third-order valence-corrected chi connectivity index (χ3v) is 4.00. The van der Waals surface area contributed by atoms with Crippen LogP contribution in [0.5, 0.6) is 0 Å². The van der Waals surface area contributed by atoms with Gasteiger partial charge in [-0.25, -0.2) is 4.79 Å². The fourth-order valence-electron chi connectivity index (χ4n) is 2.60. The van der Waals surface area contributed by atoms with Gasteiger partial charge in [0.25, 0.3) is 0 Å². The molecule has 2 N–H and O–H groups in total. The molecule has 3 rings (SSSR count). The zero-order valence-electron chi connectivity index (χ0n) is 13.0. The number of aromatic nitrogens is 1. The summed E-state index contributed by atoms with van der Waals surface area (Å²) in [5, 5.41) is 6.87. The molecule has 0 unspecified atom stereocenters. The average molecular weight is 293 g/mol. The Bertz CT molecular complexity index is 849. The molecule has 0 saturated heterocycles. The van der Waals surface area contributed by atoms with Crippen molar-refractivity contribution in [1.29, 1.82) is 0 Å². The van der Waals surface area contributed by atoms with Crippen LogP contribution in [0.3, 0.4) is 0 Å². The second kappa shape index (κ2) is 5.56. The minimum atomic E-state index is -0.231. The molecule has 1 heterocycles. The molecule has 4 heteroatoms. The second-order valence-corrected chi connectivity index (χ2v) is 5.50. The van der Waals surface area contributed by atoms with E-state index in [1.54, 1.807) is 0 Å². The summed E-state index contributed by atoms with van der Waals surface area (Å²) in [6, 6.07) is 13.6. The van der Waals surface area contributed by atoms with Crippen LogP contribution in [0.15, 0.2) is 48.7 Å². The number of nitrogens with zero attached hydrogens (tertiary/aromatic N) is 1. The van der Waals surface area contributed by atoms with E-state index in [0.29, 0.717) is 0 Å². The van der Waals surface area contributed by atoms with E-state index in [9.17, 15) is 4.79 Å². The van der Waals surface area contributed by atoms with Gasteiger partial charge in [-0.1, -0.05) is 30.3 Å². The molecule has 0 atom stereocenters. The quantitative estimate of drug-likeness (QED) is 0.721. The van der Waals surface area contributed by atoms with Crippen molar-refractivity contribution < 1.29 is 4.79 Å². The molecule has 0 bridgehead atoms. The van der Waals surface area contributed by atoms with Crippen molar-refractivity contribution in [3.05, 3.63) is 59.8 Å². The van der Waals surface area contributed by atoms with E-state index < -0.39 is 0 Å². The van der Waals surface area contributed by atoms with Crippen LogP contribution in [0.4, 0.5) is 16.2 Å². The molecule has 22 heavy (non-hydrogen) atoms. The maximum atomic E-state index is 12.3. The van der Waals surface area contributed by atoms with Crippen LogP contribution in [0, 0.1) is 13.8 Å². The lowest BCUT2D eigenvalue weighted by atomic mass is 10.1. The highest BCUT2D eigenvalue weighted by Gasteiger charge is 2.10. The molecule has 112 valence electrons. The molecule has 0 radical (unpaired) electrons. The van der Waals surface area contributed by atoms with E-state index in [4.69, 9.17) is 0 Å². The van der Waals surface area contributed by atoms with Gasteiger partial charge in [0.2, 0.25) is 0 Å². The normalized spacial score (nSPS) is 10.7. The Labute approximate surface area is 129 Å². The topological polar surface area (TPSA) is 46.1 Å². The number of anilines is 2. The lowest BCUT2D eigenvalue weighted by Crippen LogP contribution is -2.20. The van der Waals surface area contributed by atoms with Gasteiger partial charge >= 0.3 is 6.03 Å². The Morgan fingerprint density at radius 3 is 2.50 bits per heavy atom.